The molecule has 1 heterocycles. The monoisotopic (exact) mass is 268 g/mol. The van der Waals surface area contributed by atoms with Crippen molar-refractivity contribution >= 4 is 12.0 Å². The Morgan fingerprint density at radius 3 is 2.84 bits per heavy atom. The summed E-state index contributed by atoms with van der Waals surface area (Å²) >= 11 is 0. The van der Waals surface area contributed by atoms with Crippen molar-refractivity contribution in [1.29, 1.82) is 0 Å². The summed E-state index contributed by atoms with van der Waals surface area (Å²) in [4.78, 5) is 25.0. The third-order valence-corrected chi connectivity index (χ3v) is 3.51. The number of urea groups is 1. The molecule has 0 bridgehead atoms. The van der Waals surface area contributed by atoms with Crippen molar-refractivity contribution in [1.82, 2.24) is 10.2 Å². The van der Waals surface area contributed by atoms with Crippen molar-refractivity contribution in [3.8, 4) is 0 Å². The third-order valence-electron chi connectivity index (χ3n) is 3.51. The Kier molecular flexibility index (Phi) is 6.39. The van der Waals surface area contributed by atoms with Crippen LogP contribution in [0.25, 0.3) is 0 Å². The molecule has 5 nitrogen and oxygen atoms in total. The minimum Gasteiger partial charge on any atom is -0.480 e. The molecule has 1 aliphatic rings. The van der Waals surface area contributed by atoms with Crippen LogP contribution < -0.4 is 5.32 Å². The Balaban J connectivity index is 2.62. The molecule has 5 heteroatoms. The highest BCUT2D eigenvalue weighted by Crippen LogP contribution is 2.20. The van der Waals surface area contributed by atoms with Crippen LogP contribution in [0.3, 0.4) is 0 Å². The maximum atomic E-state index is 12.2. The number of carboxylic acids is 1. The first-order chi connectivity index (χ1) is 9.10. The van der Waals surface area contributed by atoms with E-state index in [1.54, 1.807) is 4.90 Å². The van der Waals surface area contributed by atoms with Crippen LogP contribution >= 0.6 is 0 Å². The summed E-state index contributed by atoms with van der Waals surface area (Å²) in [6.45, 7) is 6.34. The average molecular weight is 268 g/mol. The maximum absolute atomic E-state index is 12.2. The van der Waals surface area contributed by atoms with E-state index in [1.165, 1.54) is 6.08 Å². The lowest BCUT2D eigenvalue weighted by molar-refractivity contribution is -0.139. The number of amides is 2. The molecule has 2 N–H and O–H groups in total. The molecule has 1 aliphatic heterocycles. The second-order valence-electron chi connectivity index (χ2n) is 5.00. The second-order valence-corrected chi connectivity index (χ2v) is 5.00. The van der Waals surface area contributed by atoms with Gasteiger partial charge in [0.25, 0.3) is 0 Å². The fraction of sp³-hybridized carbons (Fsp3) is 0.714. The fourth-order valence-corrected chi connectivity index (χ4v) is 2.52. The van der Waals surface area contributed by atoms with Gasteiger partial charge in [-0.15, -0.1) is 6.58 Å². The lowest BCUT2D eigenvalue weighted by Crippen LogP contribution is -2.52. The Morgan fingerprint density at radius 1 is 1.53 bits per heavy atom. The first-order valence-electron chi connectivity index (χ1n) is 7.01. The molecular weight excluding hydrogens is 244 g/mol. The summed E-state index contributed by atoms with van der Waals surface area (Å²) < 4.78 is 0. The fourth-order valence-electron chi connectivity index (χ4n) is 2.52. The quantitative estimate of drug-likeness (QED) is 0.727. The number of rotatable bonds is 6. The second kappa shape index (κ2) is 7.81. The Labute approximate surface area is 114 Å². The zero-order valence-electron chi connectivity index (χ0n) is 11.6. The minimum atomic E-state index is -1.02. The van der Waals surface area contributed by atoms with E-state index in [0.717, 1.165) is 38.6 Å². The van der Waals surface area contributed by atoms with Gasteiger partial charge in [0.15, 0.2) is 0 Å². The number of nitrogens with one attached hydrogen (secondary N) is 1. The number of carbonyl (C=O) groups excluding carboxylic acids is 1. The molecule has 0 saturated carbocycles. The van der Waals surface area contributed by atoms with E-state index in [-0.39, 0.29) is 18.5 Å². The van der Waals surface area contributed by atoms with Crippen LogP contribution in [0.5, 0.6) is 0 Å². The zero-order valence-corrected chi connectivity index (χ0v) is 11.6. The lowest BCUT2D eigenvalue weighted by Gasteiger charge is -2.36. The molecule has 0 aromatic rings. The van der Waals surface area contributed by atoms with Crippen molar-refractivity contribution in [2.24, 2.45) is 0 Å². The molecule has 108 valence electrons. The van der Waals surface area contributed by atoms with Crippen LogP contribution in [0.1, 0.15) is 45.4 Å². The molecular formula is C14H24N2O3. The van der Waals surface area contributed by atoms with Gasteiger partial charge in [0, 0.05) is 12.6 Å². The van der Waals surface area contributed by atoms with Gasteiger partial charge in [-0.1, -0.05) is 19.4 Å². The van der Waals surface area contributed by atoms with Gasteiger partial charge in [0.1, 0.15) is 6.04 Å². The molecule has 0 radical (unpaired) electrons. The summed E-state index contributed by atoms with van der Waals surface area (Å²) in [5.74, 6) is -1.02. The molecule has 0 aliphatic carbocycles. The topological polar surface area (TPSA) is 69.6 Å². The van der Waals surface area contributed by atoms with Gasteiger partial charge in [-0.05, 0) is 32.1 Å². The van der Waals surface area contributed by atoms with Gasteiger partial charge in [-0.3, -0.25) is 0 Å². The summed E-state index contributed by atoms with van der Waals surface area (Å²) in [5, 5.41) is 11.6. The highest BCUT2D eigenvalue weighted by Gasteiger charge is 2.28. The van der Waals surface area contributed by atoms with E-state index in [9.17, 15) is 9.59 Å². The molecule has 2 unspecified atom stereocenters. The highest BCUT2D eigenvalue weighted by atomic mass is 16.4. The third kappa shape index (κ3) is 4.58. The number of likely N-dealkylation sites (tertiary alicyclic amines) is 1. The van der Waals surface area contributed by atoms with Crippen molar-refractivity contribution < 1.29 is 14.7 Å². The van der Waals surface area contributed by atoms with E-state index in [1.807, 2.05) is 0 Å². The van der Waals surface area contributed by atoms with Crippen LogP contribution in [0, 0.1) is 0 Å². The Bertz CT molecular complexity index is 329. The summed E-state index contributed by atoms with van der Waals surface area (Å²) in [7, 11) is 0. The zero-order chi connectivity index (χ0) is 14.3. The number of hydrogen-bond donors (Lipinski definition) is 2. The van der Waals surface area contributed by atoms with Crippen molar-refractivity contribution in [2.45, 2.75) is 57.5 Å². The summed E-state index contributed by atoms with van der Waals surface area (Å²) in [5.41, 5.74) is 0. The standard InChI is InChI=1S/C14H24N2O3/c1-3-7-11-9-5-6-10-16(11)14(19)15-12(8-4-2)13(17)18/h4,11-12H,2-3,5-10H2,1H3,(H,15,19)(H,17,18). The molecule has 1 rings (SSSR count). The number of carbonyl (C=O) groups is 2. The smallest absolute Gasteiger partial charge is 0.326 e. The van der Waals surface area contributed by atoms with Crippen LogP contribution in [-0.2, 0) is 4.79 Å². The van der Waals surface area contributed by atoms with Crippen LogP contribution in [-0.4, -0.2) is 40.6 Å². The number of aliphatic carboxylic acids is 1. The van der Waals surface area contributed by atoms with E-state index in [2.05, 4.69) is 18.8 Å². The lowest BCUT2D eigenvalue weighted by atomic mass is 9.98. The predicted molar refractivity (Wildman–Crippen MR) is 74.0 cm³/mol. The predicted octanol–water partition coefficient (Wildman–Crippen LogP) is 2.38. The van der Waals surface area contributed by atoms with Crippen molar-refractivity contribution in [2.75, 3.05) is 6.54 Å². The number of piperidine rings is 1. The Morgan fingerprint density at radius 2 is 2.26 bits per heavy atom. The minimum absolute atomic E-state index is 0.243. The van der Waals surface area contributed by atoms with Crippen LogP contribution in [0.2, 0.25) is 0 Å². The normalized spacial score (nSPS) is 20.7. The molecule has 2 atom stereocenters. The van der Waals surface area contributed by atoms with Gasteiger partial charge in [-0.2, -0.15) is 0 Å². The van der Waals surface area contributed by atoms with Crippen LogP contribution in [0.4, 0.5) is 4.79 Å². The van der Waals surface area contributed by atoms with Gasteiger partial charge in [0.2, 0.25) is 0 Å². The molecule has 0 spiro atoms. The number of hydrogen-bond acceptors (Lipinski definition) is 2. The molecule has 2 amide bonds. The molecule has 0 aromatic carbocycles. The number of nitrogens with zero attached hydrogens (tertiary/aromatic N) is 1. The van der Waals surface area contributed by atoms with Crippen molar-refractivity contribution in [3.63, 3.8) is 0 Å². The molecule has 1 saturated heterocycles. The van der Waals surface area contributed by atoms with Gasteiger partial charge in [0.05, 0.1) is 0 Å². The molecule has 19 heavy (non-hydrogen) atoms. The largest absolute Gasteiger partial charge is 0.480 e. The van der Waals surface area contributed by atoms with E-state index in [4.69, 9.17) is 5.11 Å². The van der Waals surface area contributed by atoms with Gasteiger partial charge >= 0.3 is 12.0 Å². The number of carboxylic acid groups (broad SMARTS) is 1. The average Bonchev–Trinajstić information content (AvgIpc) is 2.39. The van der Waals surface area contributed by atoms with E-state index < -0.39 is 12.0 Å². The van der Waals surface area contributed by atoms with Gasteiger partial charge < -0.3 is 15.3 Å². The Hall–Kier alpha value is -1.52. The molecule has 1 fully saturated rings. The molecule has 0 aromatic heterocycles. The van der Waals surface area contributed by atoms with E-state index in [0.29, 0.717) is 0 Å². The summed E-state index contributed by atoms with van der Waals surface area (Å²) in [6.07, 6.45) is 6.92. The maximum Gasteiger partial charge on any atom is 0.326 e. The SMILES string of the molecule is C=CCC(NC(=O)N1CCCCC1CCC)C(=O)O. The van der Waals surface area contributed by atoms with Crippen molar-refractivity contribution in [3.05, 3.63) is 12.7 Å². The van der Waals surface area contributed by atoms with Gasteiger partial charge in [-0.25, -0.2) is 9.59 Å². The van der Waals surface area contributed by atoms with E-state index >= 15 is 0 Å². The summed E-state index contributed by atoms with van der Waals surface area (Å²) in [6, 6.07) is -0.890. The first kappa shape index (κ1) is 15.5. The highest BCUT2D eigenvalue weighted by molar-refractivity contribution is 5.82. The van der Waals surface area contributed by atoms with Crippen LogP contribution in [0.15, 0.2) is 12.7 Å². The first-order valence-corrected chi connectivity index (χ1v) is 7.01.